The summed E-state index contributed by atoms with van der Waals surface area (Å²) in [7, 11) is 0. The number of nitrogens with two attached hydrogens (primary N) is 1. The molecule has 1 saturated carbocycles. The van der Waals surface area contributed by atoms with Crippen molar-refractivity contribution < 1.29 is 23.1 Å². The van der Waals surface area contributed by atoms with Crippen molar-refractivity contribution in [2.75, 3.05) is 11.1 Å². The molecule has 3 aromatic rings. The molecule has 0 spiro atoms. The zero-order valence-electron chi connectivity index (χ0n) is 17.1. The molecule has 1 fully saturated rings. The molecule has 3 heterocycles. The second-order valence-electron chi connectivity index (χ2n) is 8.51. The molecule has 0 bridgehead atoms. The number of para-hydroxylation sites is 1. The Morgan fingerprint density at radius 2 is 1.97 bits per heavy atom. The molecule has 0 amide bonds. The number of rotatable bonds is 3. The van der Waals surface area contributed by atoms with E-state index in [1.807, 2.05) is 4.40 Å². The molecule has 0 radical (unpaired) electrons. The first kappa shape index (κ1) is 20.6. The summed E-state index contributed by atoms with van der Waals surface area (Å²) in [5.74, 6) is -0.0754. The number of nitrogen functional groups attached to an aromatic ring is 1. The van der Waals surface area contributed by atoms with E-state index in [1.54, 1.807) is 18.5 Å². The van der Waals surface area contributed by atoms with Crippen LogP contribution in [0.5, 0.6) is 0 Å². The summed E-state index contributed by atoms with van der Waals surface area (Å²) >= 11 is 0. The topological polar surface area (TPSA) is 106 Å². The fraction of sp³-hybridized carbons (Fsp3) is 0.409. The Hall–Kier alpha value is -3.30. The fourth-order valence-electron chi connectivity index (χ4n) is 5.03. The molecule has 0 saturated heterocycles. The number of carbonyl (C=O) groups is 1. The number of nitrogens with zero attached hydrogens (tertiary/aromatic N) is 3. The first-order chi connectivity index (χ1) is 15.2. The van der Waals surface area contributed by atoms with E-state index in [0.29, 0.717) is 48.9 Å². The van der Waals surface area contributed by atoms with Gasteiger partial charge in [0, 0.05) is 24.7 Å². The van der Waals surface area contributed by atoms with Crippen molar-refractivity contribution in [2.24, 2.45) is 5.92 Å². The lowest BCUT2D eigenvalue weighted by atomic mass is 9.81. The number of aliphatic carboxylic acids is 1. The average Bonchev–Trinajstić information content (AvgIpc) is 3.35. The van der Waals surface area contributed by atoms with E-state index in [-0.39, 0.29) is 23.3 Å². The number of halogens is 3. The Morgan fingerprint density at radius 3 is 2.66 bits per heavy atom. The number of imidazole rings is 1. The van der Waals surface area contributed by atoms with Crippen LogP contribution < -0.4 is 11.1 Å². The van der Waals surface area contributed by atoms with Gasteiger partial charge in [-0.25, -0.2) is 9.97 Å². The lowest BCUT2D eigenvalue weighted by Gasteiger charge is -2.25. The van der Waals surface area contributed by atoms with Gasteiger partial charge in [-0.15, -0.1) is 0 Å². The monoisotopic (exact) mass is 445 g/mol. The first-order valence-electron chi connectivity index (χ1n) is 10.5. The van der Waals surface area contributed by atoms with Crippen molar-refractivity contribution in [3.63, 3.8) is 0 Å². The highest BCUT2D eigenvalue weighted by atomic mass is 19.4. The Balaban J connectivity index is 1.53. The van der Waals surface area contributed by atoms with Gasteiger partial charge in [0.1, 0.15) is 17.2 Å². The van der Waals surface area contributed by atoms with Gasteiger partial charge in [-0.3, -0.25) is 9.20 Å². The third kappa shape index (κ3) is 3.34. The lowest BCUT2D eigenvalue weighted by molar-refractivity contribution is -0.143. The molecule has 4 N–H and O–H groups in total. The van der Waals surface area contributed by atoms with Crippen LogP contribution in [0.15, 0.2) is 30.6 Å². The third-order valence-corrected chi connectivity index (χ3v) is 6.61. The Morgan fingerprint density at radius 1 is 1.22 bits per heavy atom. The second-order valence-corrected chi connectivity index (χ2v) is 8.51. The van der Waals surface area contributed by atoms with Gasteiger partial charge in [-0.2, -0.15) is 13.2 Å². The summed E-state index contributed by atoms with van der Waals surface area (Å²) in [5.41, 5.74) is 7.29. The molecule has 168 valence electrons. The third-order valence-electron chi connectivity index (χ3n) is 6.61. The van der Waals surface area contributed by atoms with Crippen molar-refractivity contribution >= 4 is 23.0 Å². The number of carboxylic acid groups (broad SMARTS) is 1. The van der Waals surface area contributed by atoms with E-state index >= 15 is 0 Å². The molecular formula is C22H22F3N5O2. The van der Waals surface area contributed by atoms with Crippen LogP contribution in [-0.4, -0.2) is 25.4 Å². The van der Waals surface area contributed by atoms with Gasteiger partial charge < -0.3 is 16.2 Å². The highest BCUT2D eigenvalue weighted by Gasteiger charge is 2.39. The van der Waals surface area contributed by atoms with Crippen LogP contribution in [0.25, 0.3) is 5.52 Å². The SMILES string of the molecule is Nc1nccn2c(C3CCC(C(=O)O)CC3)nc(C3Cc4cccc(C(F)(F)F)c4N3)c12. The molecule has 7 nitrogen and oxygen atoms in total. The summed E-state index contributed by atoms with van der Waals surface area (Å²) in [6, 6.07) is 3.70. The molecule has 2 aliphatic rings. The summed E-state index contributed by atoms with van der Waals surface area (Å²) < 4.78 is 42.3. The van der Waals surface area contributed by atoms with Crippen LogP contribution in [0.4, 0.5) is 24.7 Å². The quantitative estimate of drug-likeness (QED) is 0.552. The summed E-state index contributed by atoms with van der Waals surface area (Å²) in [6.07, 6.45) is 1.69. The van der Waals surface area contributed by atoms with Gasteiger partial charge in [0.25, 0.3) is 0 Å². The summed E-state index contributed by atoms with van der Waals surface area (Å²) in [6.45, 7) is 0. The van der Waals surface area contributed by atoms with E-state index in [4.69, 9.17) is 10.7 Å². The van der Waals surface area contributed by atoms with Crippen molar-refractivity contribution in [1.82, 2.24) is 14.4 Å². The zero-order chi connectivity index (χ0) is 22.6. The number of fused-ring (bicyclic) bond motifs is 2. The smallest absolute Gasteiger partial charge is 0.418 e. The number of hydrogen-bond donors (Lipinski definition) is 3. The van der Waals surface area contributed by atoms with Gasteiger partial charge in [0.05, 0.1) is 28.9 Å². The second kappa shape index (κ2) is 7.39. The van der Waals surface area contributed by atoms with Crippen molar-refractivity contribution in [3.8, 4) is 0 Å². The maximum Gasteiger partial charge on any atom is 0.418 e. The number of carboxylic acids is 1. The zero-order valence-corrected chi connectivity index (χ0v) is 17.1. The largest absolute Gasteiger partial charge is 0.481 e. The van der Waals surface area contributed by atoms with Crippen LogP contribution in [0, 0.1) is 5.92 Å². The maximum absolute atomic E-state index is 13.5. The first-order valence-corrected chi connectivity index (χ1v) is 10.5. The van der Waals surface area contributed by atoms with Gasteiger partial charge in [-0.05, 0) is 37.3 Å². The summed E-state index contributed by atoms with van der Waals surface area (Å²) in [5, 5.41) is 12.3. The normalized spacial score (nSPS) is 23.2. The van der Waals surface area contributed by atoms with Crippen LogP contribution in [0.3, 0.4) is 0 Å². The number of alkyl halides is 3. The van der Waals surface area contributed by atoms with Crippen LogP contribution in [0.2, 0.25) is 0 Å². The minimum atomic E-state index is -4.46. The van der Waals surface area contributed by atoms with Crippen LogP contribution in [0.1, 0.15) is 60.3 Å². The van der Waals surface area contributed by atoms with E-state index in [0.717, 1.165) is 11.9 Å². The van der Waals surface area contributed by atoms with E-state index in [9.17, 15) is 23.1 Å². The van der Waals surface area contributed by atoms with Gasteiger partial charge in [0.2, 0.25) is 0 Å². The molecule has 1 unspecified atom stereocenters. The van der Waals surface area contributed by atoms with Crippen molar-refractivity contribution in [2.45, 2.75) is 50.2 Å². The van der Waals surface area contributed by atoms with Crippen LogP contribution >= 0.6 is 0 Å². The van der Waals surface area contributed by atoms with Crippen LogP contribution in [-0.2, 0) is 17.4 Å². The van der Waals surface area contributed by atoms with E-state index in [2.05, 4.69) is 10.3 Å². The number of anilines is 2. The van der Waals surface area contributed by atoms with Gasteiger partial charge in [-0.1, -0.05) is 12.1 Å². The highest BCUT2D eigenvalue weighted by Crippen LogP contribution is 2.45. The van der Waals surface area contributed by atoms with Crippen molar-refractivity contribution in [3.05, 3.63) is 53.2 Å². The van der Waals surface area contributed by atoms with Gasteiger partial charge >= 0.3 is 12.1 Å². The number of hydrogen-bond acceptors (Lipinski definition) is 5. The standard InChI is InChI=1S/C22H22F3N5O2/c23-22(24,25)14-3-1-2-13-10-15(28-16(13)14)17-18-19(26)27-8-9-30(18)20(29-17)11-4-6-12(7-5-11)21(31)32/h1-3,8-9,11-12,15,28H,4-7,10H2,(H2,26,27)(H,31,32). The fourth-order valence-corrected chi connectivity index (χ4v) is 5.03. The molecule has 10 heteroatoms. The van der Waals surface area contributed by atoms with E-state index < -0.39 is 23.8 Å². The Labute approximate surface area is 181 Å². The molecule has 1 aromatic carbocycles. The number of benzene rings is 1. The molecule has 2 aromatic heterocycles. The maximum atomic E-state index is 13.5. The predicted octanol–water partition coefficient (Wildman–Crippen LogP) is 4.40. The molecule has 1 aliphatic heterocycles. The summed E-state index contributed by atoms with van der Waals surface area (Å²) in [4.78, 5) is 20.3. The predicted molar refractivity (Wildman–Crippen MR) is 111 cm³/mol. The molecule has 32 heavy (non-hydrogen) atoms. The molecule has 5 rings (SSSR count). The molecule has 1 aliphatic carbocycles. The molecular weight excluding hydrogens is 423 g/mol. The minimum Gasteiger partial charge on any atom is -0.481 e. The van der Waals surface area contributed by atoms with Gasteiger partial charge in [0.15, 0.2) is 0 Å². The average molecular weight is 445 g/mol. The highest BCUT2D eigenvalue weighted by molar-refractivity contribution is 5.73. The molecule has 1 atom stereocenters. The number of aromatic nitrogens is 3. The Kier molecular flexibility index (Phi) is 4.75. The van der Waals surface area contributed by atoms with E-state index in [1.165, 1.54) is 6.07 Å². The minimum absolute atomic E-state index is 0.0446. The van der Waals surface area contributed by atoms with Crippen molar-refractivity contribution in [1.29, 1.82) is 0 Å². The number of nitrogens with one attached hydrogen (secondary N) is 1. The Bertz CT molecular complexity index is 1200. The lowest BCUT2D eigenvalue weighted by Crippen LogP contribution is -2.21.